The summed E-state index contributed by atoms with van der Waals surface area (Å²) in [5.74, 6) is 0.162. The molecule has 1 amide bonds. The molecule has 0 fully saturated rings. The van der Waals surface area contributed by atoms with Gasteiger partial charge in [-0.1, -0.05) is 12.1 Å². The maximum atomic E-state index is 13.0. The molecule has 2 aromatic carbocycles. The van der Waals surface area contributed by atoms with Crippen molar-refractivity contribution in [3.63, 3.8) is 0 Å². The van der Waals surface area contributed by atoms with Gasteiger partial charge in [-0.2, -0.15) is 5.10 Å². The molecular weight excluding hydrogens is 353 g/mol. The summed E-state index contributed by atoms with van der Waals surface area (Å²) in [4.78, 5) is 16.4. The molecule has 132 valence electrons. The van der Waals surface area contributed by atoms with E-state index in [9.17, 15) is 9.18 Å². The summed E-state index contributed by atoms with van der Waals surface area (Å²) in [5.41, 5.74) is 4.76. The Kier molecular flexibility index (Phi) is 5.70. The van der Waals surface area contributed by atoms with Gasteiger partial charge >= 0.3 is 0 Å². The fraction of sp³-hybridized carbons (Fsp3) is 0.105. The zero-order chi connectivity index (χ0) is 18.4. The number of carbonyl (C=O) groups is 1. The molecule has 0 unspecified atom stereocenters. The Balaban J connectivity index is 1.56. The number of thiazole rings is 1. The fourth-order valence-electron chi connectivity index (χ4n) is 2.22. The van der Waals surface area contributed by atoms with E-state index in [0.29, 0.717) is 5.69 Å². The molecule has 3 rings (SSSR count). The summed E-state index contributed by atoms with van der Waals surface area (Å²) in [6.07, 6.45) is 1.67. The molecule has 0 saturated carbocycles. The topological polar surface area (TPSA) is 63.6 Å². The third-order valence-corrected chi connectivity index (χ3v) is 4.42. The number of hydrazone groups is 1. The van der Waals surface area contributed by atoms with E-state index >= 15 is 0 Å². The normalized spacial score (nSPS) is 10.8. The lowest BCUT2D eigenvalue weighted by Gasteiger charge is -2.00. The minimum absolute atomic E-state index is 0.118. The van der Waals surface area contributed by atoms with Gasteiger partial charge in [0.25, 0.3) is 0 Å². The number of nitrogens with zero attached hydrogens (tertiary/aromatic N) is 2. The fourth-order valence-corrected chi connectivity index (χ4v) is 3.04. The molecule has 1 aromatic heterocycles. The Morgan fingerprint density at radius 1 is 1.31 bits per heavy atom. The van der Waals surface area contributed by atoms with Gasteiger partial charge in [-0.15, -0.1) is 11.3 Å². The summed E-state index contributed by atoms with van der Waals surface area (Å²) < 4.78 is 18.1. The van der Waals surface area contributed by atoms with Crippen molar-refractivity contribution in [3.05, 3.63) is 71.0 Å². The number of hydrogen-bond acceptors (Lipinski definition) is 5. The molecule has 1 heterocycles. The van der Waals surface area contributed by atoms with Gasteiger partial charge in [0.1, 0.15) is 16.6 Å². The minimum atomic E-state index is -0.293. The van der Waals surface area contributed by atoms with E-state index < -0.39 is 0 Å². The van der Waals surface area contributed by atoms with E-state index in [-0.39, 0.29) is 18.1 Å². The van der Waals surface area contributed by atoms with Crippen LogP contribution < -0.4 is 10.2 Å². The van der Waals surface area contributed by atoms with Crippen molar-refractivity contribution in [2.24, 2.45) is 5.10 Å². The smallest absolute Gasteiger partial charge is 0.246 e. The zero-order valence-electron chi connectivity index (χ0n) is 14.0. The van der Waals surface area contributed by atoms with Crippen LogP contribution in [0, 0.1) is 5.82 Å². The van der Waals surface area contributed by atoms with Crippen LogP contribution in [0.15, 0.2) is 59.0 Å². The quantitative estimate of drug-likeness (QED) is 0.533. The number of nitrogens with one attached hydrogen (secondary N) is 1. The summed E-state index contributed by atoms with van der Waals surface area (Å²) in [6.45, 7) is 0. The monoisotopic (exact) mass is 369 g/mol. The van der Waals surface area contributed by atoms with Crippen LogP contribution in [-0.2, 0) is 11.2 Å². The molecule has 0 aliphatic carbocycles. The Morgan fingerprint density at radius 3 is 2.88 bits per heavy atom. The minimum Gasteiger partial charge on any atom is -0.497 e. The highest BCUT2D eigenvalue weighted by Gasteiger charge is 2.08. The number of halogens is 1. The Morgan fingerprint density at radius 2 is 2.12 bits per heavy atom. The van der Waals surface area contributed by atoms with Crippen LogP contribution in [0.4, 0.5) is 4.39 Å². The molecule has 0 atom stereocenters. The first kappa shape index (κ1) is 17.8. The molecule has 3 aromatic rings. The van der Waals surface area contributed by atoms with Crippen LogP contribution in [0.3, 0.4) is 0 Å². The SMILES string of the molecule is COc1cccc(/C=N\NC(=O)Cc2csc(-c3ccc(F)cc3)n2)c1. The highest BCUT2D eigenvalue weighted by molar-refractivity contribution is 7.13. The first-order valence-electron chi connectivity index (χ1n) is 7.80. The predicted molar refractivity (Wildman–Crippen MR) is 99.9 cm³/mol. The molecule has 7 heteroatoms. The average molecular weight is 369 g/mol. The zero-order valence-corrected chi connectivity index (χ0v) is 14.8. The number of carbonyl (C=O) groups excluding carboxylic acids is 1. The number of benzene rings is 2. The van der Waals surface area contributed by atoms with Crippen LogP contribution in [0.25, 0.3) is 10.6 Å². The van der Waals surface area contributed by atoms with Gasteiger partial charge in [-0.3, -0.25) is 4.79 Å². The summed E-state index contributed by atoms with van der Waals surface area (Å²) in [5, 5.41) is 6.49. The van der Waals surface area contributed by atoms with Crippen molar-refractivity contribution >= 4 is 23.5 Å². The Labute approximate surface area is 154 Å². The summed E-state index contributed by atoms with van der Waals surface area (Å²) in [7, 11) is 1.59. The van der Waals surface area contributed by atoms with Crippen LogP contribution in [-0.4, -0.2) is 24.2 Å². The molecule has 1 N–H and O–H groups in total. The van der Waals surface area contributed by atoms with Crippen molar-refractivity contribution in [1.29, 1.82) is 0 Å². The lowest BCUT2D eigenvalue weighted by atomic mass is 10.2. The van der Waals surface area contributed by atoms with E-state index in [1.807, 2.05) is 29.6 Å². The molecule has 26 heavy (non-hydrogen) atoms. The van der Waals surface area contributed by atoms with E-state index in [2.05, 4.69) is 15.5 Å². The van der Waals surface area contributed by atoms with E-state index in [4.69, 9.17) is 4.74 Å². The first-order valence-corrected chi connectivity index (χ1v) is 8.68. The molecule has 0 aliphatic heterocycles. The molecule has 0 aliphatic rings. The standard InChI is InChI=1S/C19H16FN3O2S/c1-25-17-4-2-3-13(9-17)11-21-23-18(24)10-16-12-26-19(22-16)14-5-7-15(20)8-6-14/h2-9,11-12H,10H2,1H3,(H,23,24)/b21-11-. The van der Waals surface area contributed by atoms with Gasteiger partial charge < -0.3 is 4.74 Å². The second kappa shape index (κ2) is 8.35. The van der Waals surface area contributed by atoms with E-state index in [0.717, 1.165) is 21.9 Å². The molecule has 5 nitrogen and oxygen atoms in total. The first-order chi connectivity index (χ1) is 12.6. The van der Waals surface area contributed by atoms with Crippen molar-refractivity contribution in [2.75, 3.05) is 7.11 Å². The molecule has 0 saturated heterocycles. The lowest BCUT2D eigenvalue weighted by Crippen LogP contribution is -2.19. The van der Waals surface area contributed by atoms with E-state index in [1.165, 1.54) is 23.5 Å². The third-order valence-electron chi connectivity index (χ3n) is 3.48. The maximum absolute atomic E-state index is 13.0. The van der Waals surface area contributed by atoms with Crippen molar-refractivity contribution in [1.82, 2.24) is 10.4 Å². The highest BCUT2D eigenvalue weighted by atomic mass is 32.1. The molecule has 0 bridgehead atoms. The van der Waals surface area contributed by atoms with Gasteiger partial charge in [-0.05, 0) is 42.0 Å². The predicted octanol–water partition coefficient (Wildman–Crippen LogP) is 3.65. The molecule has 0 spiro atoms. The summed E-state index contributed by atoms with van der Waals surface area (Å²) >= 11 is 1.41. The van der Waals surface area contributed by atoms with Crippen LogP contribution in [0.2, 0.25) is 0 Å². The second-order valence-corrected chi connectivity index (χ2v) is 6.26. The van der Waals surface area contributed by atoms with Crippen molar-refractivity contribution in [3.8, 4) is 16.3 Å². The second-order valence-electron chi connectivity index (χ2n) is 5.40. The van der Waals surface area contributed by atoms with E-state index in [1.54, 1.807) is 25.5 Å². The number of hydrogen-bond donors (Lipinski definition) is 1. The van der Waals surface area contributed by atoms with Gasteiger partial charge in [0.05, 0.1) is 25.4 Å². The van der Waals surface area contributed by atoms with Gasteiger partial charge in [0.2, 0.25) is 5.91 Å². The highest BCUT2D eigenvalue weighted by Crippen LogP contribution is 2.24. The Hall–Kier alpha value is -3.06. The number of aromatic nitrogens is 1. The number of ether oxygens (including phenoxy) is 1. The van der Waals surface area contributed by atoms with Crippen LogP contribution >= 0.6 is 11.3 Å². The molecule has 0 radical (unpaired) electrons. The van der Waals surface area contributed by atoms with Crippen LogP contribution in [0.5, 0.6) is 5.75 Å². The number of methoxy groups -OCH3 is 1. The third kappa shape index (κ3) is 4.73. The number of amides is 1. The molecular formula is C19H16FN3O2S. The average Bonchev–Trinajstić information content (AvgIpc) is 3.11. The van der Waals surface area contributed by atoms with Gasteiger partial charge in [-0.25, -0.2) is 14.8 Å². The van der Waals surface area contributed by atoms with Gasteiger partial charge in [0, 0.05) is 10.9 Å². The maximum Gasteiger partial charge on any atom is 0.246 e. The largest absolute Gasteiger partial charge is 0.497 e. The lowest BCUT2D eigenvalue weighted by molar-refractivity contribution is -0.120. The Bertz CT molecular complexity index is 923. The summed E-state index contributed by atoms with van der Waals surface area (Å²) in [6, 6.07) is 13.4. The van der Waals surface area contributed by atoms with Crippen LogP contribution in [0.1, 0.15) is 11.3 Å². The van der Waals surface area contributed by atoms with Gasteiger partial charge in [0.15, 0.2) is 0 Å². The van der Waals surface area contributed by atoms with Crippen molar-refractivity contribution < 1.29 is 13.9 Å². The van der Waals surface area contributed by atoms with Crippen molar-refractivity contribution in [2.45, 2.75) is 6.42 Å². The number of rotatable bonds is 6.